The van der Waals surface area contributed by atoms with E-state index in [9.17, 15) is 5.11 Å². The first-order valence-electron chi connectivity index (χ1n) is 7.67. The number of nitrogens with zero attached hydrogens (tertiary/aromatic N) is 1. The Kier molecular flexibility index (Phi) is 4.68. The van der Waals surface area contributed by atoms with Gasteiger partial charge in [0.05, 0.1) is 6.61 Å². The first kappa shape index (κ1) is 14.3. The van der Waals surface area contributed by atoms with Gasteiger partial charge in [-0.05, 0) is 65.0 Å². The molecule has 3 heteroatoms. The third-order valence-electron chi connectivity index (χ3n) is 5.54. The van der Waals surface area contributed by atoms with Gasteiger partial charge >= 0.3 is 0 Å². The number of aliphatic hydroxyl groups is 1. The molecule has 0 aromatic heterocycles. The first-order valence-corrected chi connectivity index (χ1v) is 7.67. The number of aliphatic hydroxyl groups excluding tert-OH is 1. The maximum absolute atomic E-state index is 9.69. The lowest BCUT2D eigenvalue weighted by Gasteiger charge is -2.48. The zero-order valence-electron chi connectivity index (χ0n) is 12.3. The van der Waals surface area contributed by atoms with Crippen LogP contribution in [-0.4, -0.2) is 47.8 Å². The molecule has 2 rings (SSSR count). The van der Waals surface area contributed by atoms with Gasteiger partial charge in [-0.15, -0.1) is 0 Å². The molecule has 4 atom stereocenters. The highest BCUT2D eigenvalue weighted by atomic mass is 16.3. The number of likely N-dealkylation sites (N-methyl/N-ethyl adjacent to an activating group) is 1. The fourth-order valence-electron chi connectivity index (χ4n) is 3.95. The molecule has 1 aliphatic carbocycles. The van der Waals surface area contributed by atoms with Crippen LogP contribution in [0.25, 0.3) is 0 Å². The molecule has 2 fully saturated rings. The lowest BCUT2D eigenvalue weighted by molar-refractivity contribution is 0.0134. The van der Waals surface area contributed by atoms with Crippen LogP contribution < -0.4 is 5.32 Å². The Balaban J connectivity index is 2.04. The minimum absolute atomic E-state index is 0.0245. The quantitative estimate of drug-likeness (QED) is 0.808. The van der Waals surface area contributed by atoms with Gasteiger partial charge in [0.15, 0.2) is 0 Å². The summed E-state index contributed by atoms with van der Waals surface area (Å²) in [7, 11) is 2.00. The number of hydrogen-bond acceptors (Lipinski definition) is 3. The lowest BCUT2D eigenvalue weighted by atomic mass is 9.77. The molecule has 1 aliphatic heterocycles. The maximum Gasteiger partial charge on any atom is 0.0613 e. The number of likely N-dealkylation sites (tertiary alicyclic amines) is 1. The third kappa shape index (κ3) is 2.73. The topological polar surface area (TPSA) is 35.5 Å². The molecule has 1 saturated carbocycles. The predicted octanol–water partition coefficient (Wildman–Crippen LogP) is 2.00. The van der Waals surface area contributed by atoms with Crippen molar-refractivity contribution in [3.05, 3.63) is 0 Å². The molecule has 0 spiro atoms. The highest BCUT2D eigenvalue weighted by Gasteiger charge is 2.39. The molecule has 2 aliphatic rings. The van der Waals surface area contributed by atoms with Crippen molar-refractivity contribution in [1.82, 2.24) is 10.2 Å². The zero-order chi connectivity index (χ0) is 13.2. The van der Waals surface area contributed by atoms with Crippen molar-refractivity contribution in [3.63, 3.8) is 0 Å². The number of piperidine rings is 1. The molecule has 2 N–H and O–H groups in total. The standard InChI is InChI=1S/C15H30N2O/c1-12-6-5-9-17(13(12)2)14-7-4-8-15(10-14,11-18)16-3/h12-14,16,18H,4-11H2,1-3H3. The van der Waals surface area contributed by atoms with Gasteiger partial charge in [0.1, 0.15) is 0 Å². The highest BCUT2D eigenvalue weighted by molar-refractivity contribution is 4.97. The van der Waals surface area contributed by atoms with Gasteiger partial charge in [-0.3, -0.25) is 4.90 Å². The van der Waals surface area contributed by atoms with E-state index in [1.165, 1.54) is 32.2 Å². The monoisotopic (exact) mass is 254 g/mol. The van der Waals surface area contributed by atoms with Crippen LogP contribution in [0.2, 0.25) is 0 Å². The molecule has 0 radical (unpaired) electrons. The van der Waals surface area contributed by atoms with E-state index in [0.717, 1.165) is 18.8 Å². The highest BCUT2D eigenvalue weighted by Crippen LogP contribution is 2.35. The summed E-state index contributed by atoms with van der Waals surface area (Å²) in [6.45, 7) is 6.30. The largest absolute Gasteiger partial charge is 0.394 e. The zero-order valence-corrected chi connectivity index (χ0v) is 12.3. The molecule has 0 bridgehead atoms. The Labute approximate surface area is 112 Å². The summed E-state index contributed by atoms with van der Waals surface area (Å²) in [6, 6.07) is 1.37. The molecule has 0 amide bonds. The van der Waals surface area contributed by atoms with Gasteiger partial charge in [0, 0.05) is 17.6 Å². The van der Waals surface area contributed by atoms with Gasteiger partial charge in [0.25, 0.3) is 0 Å². The van der Waals surface area contributed by atoms with E-state index >= 15 is 0 Å². The third-order valence-corrected chi connectivity index (χ3v) is 5.54. The van der Waals surface area contributed by atoms with E-state index in [1.54, 1.807) is 0 Å². The van der Waals surface area contributed by atoms with E-state index in [2.05, 4.69) is 24.1 Å². The van der Waals surface area contributed by atoms with Crippen LogP contribution in [0, 0.1) is 5.92 Å². The van der Waals surface area contributed by atoms with Crippen LogP contribution in [0.3, 0.4) is 0 Å². The molecule has 106 valence electrons. The number of rotatable bonds is 3. The minimum Gasteiger partial charge on any atom is -0.394 e. The molecule has 1 saturated heterocycles. The van der Waals surface area contributed by atoms with E-state index in [4.69, 9.17) is 0 Å². The van der Waals surface area contributed by atoms with Gasteiger partial charge in [-0.2, -0.15) is 0 Å². The van der Waals surface area contributed by atoms with Crippen LogP contribution in [0.4, 0.5) is 0 Å². The van der Waals surface area contributed by atoms with E-state index in [0.29, 0.717) is 12.1 Å². The van der Waals surface area contributed by atoms with Gasteiger partial charge in [-0.25, -0.2) is 0 Å². The van der Waals surface area contributed by atoms with Crippen LogP contribution in [0.1, 0.15) is 52.4 Å². The summed E-state index contributed by atoms with van der Waals surface area (Å²) in [5.74, 6) is 0.818. The van der Waals surface area contributed by atoms with Crippen LogP contribution in [0.5, 0.6) is 0 Å². The van der Waals surface area contributed by atoms with Gasteiger partial charge in [-0.1, -0.05) is 6.92 Å². The molecule has 4 unspecified atom stereocenters. The Bertz CT molecular complexity index is 265. The number of nitrogens with one attached hydrogen (secondary N) is 1. The Morgan fingerprint density at radius 2 is 2.06 bits per heavy atom. The van der Waals surface area contributed by atoms with Crippen molar-refractivity contribution in [3.8, 4) is 0 Å². The van der Waals surface area contributed by atoms with E-state index < -0.39 is 0 Å². The van der Waals surface area contributed by atoms with Gasteiger partial charge < -0.3 is 10.4 Å². The van der Waals surface area contributed by atoms with E-state index in [-0.39, 0.29) is 12.1 Å². The lowest BCUT2D eigenvalue weighted by Crippen LogP contribution is -2.57. The summed E-state index contributed by atoms with van der Waals surface area (Å²) in [6.07, 6.45) is 7.49. The Hall–Kier alpha value is -0.120. The normalized spacial score (nSPS) is 43.0. The summed E-state index contributed by atoms with van der Waals surface area (Å²) in [5, 5.41) is 13.1. The van der Waals surface area contributed by atoms with Gasteiger partial charge in [0.2, 0.25) is 0 Å². The average molecular weight is 254 g/mol. The van der Waals surface area contributed by atoms with Crippen molar-refractivity contribution >= 4 is 0 Å². The van der Waals surface area contributed by atoms with Crippen molar-refractivity contribution in [2.75, 3.05) is 20.2 Å². The molecule has 18 heavy (non-hydrogen) atoms. The maximum atomic E-state index is 9.69. The molecular weight excluding hydrogens is 224 g/mol. The van der Waals surface area contributed by atoms with Crippen LogP contribution in [-0.2, 0) is 0 Å². The fraction of sp³-hybridized carbons (Fsp3) is 1.00. The molecule has 0 aromatic rings. The minimum atomic E-state index is -0.0245. The smallest absolute Gasteiger partial charge is 0.0613 e. The predicted molar refractivity (Wildman–Crippen MR) is 75.7 cm³/mol. The van der Waals surface area contributed by atoms with Crippen LogP contribution >= 0.6 is 0 Å². The molecule has 1 heterocycles. The number of hydrogen-bond donors (Lipinski definition) is 2. The molecular formula is C15H30N2O. The van der Waals surface area contributed by atoms with Crippen LogP contribution in [0.15, 0.2) is 0 Å². The average Bonchev–Trinajstić information content (AvgIpc) is 2.42. The Morgan fingerprint density at radius 3 is 2.72 bits per heavy atom. The van der Waals surface area contributed by atoms with Crippen molar-refractivity contribution in [2.24, 2.45) is 5.92 Å². The summed E-state index contributed by atoms with van der Waals surface area (Å²) >= 11 is 0. The Morgan fingerprint density at radius 1 is 1.28 bits per heavy atom. The summed E-state index contributed by atoms with van der Waals surface area (Å²) < 4.78 is 0. The second kappa shape index (κ2) is 5.89. The summed E-state index contributed by atoms with van der Waals surface area (Å²) in [4.78, 5) is 2.72. The second-order valence-corrected chi connectivity index (χ2v) is 6.54. The van der Waals surface area contributed by atoms with Crippen molar-refractivity contribution in [2.45, 2.75) is 70.0 Å². The second-order valence-electron chi connectivity index (χ2n) is 6.54. The molecule has 3 nitrogen and oxygen atoms in total. The summed E-state index contributed by atoms with van der Waals surface area (Å²) in [5.41, 5.74) is -0.0245. The molecule has 0 aromatic carbocycles. The van der Waals surface area contributed by atoms with Crippen molar-refractivity contribution in [1.29, 1.82) is 0 Å². The fourth-order valence-corrected chi connectivity index (χ4v) is 3.95. The first-order chi connectivity index (χ1) is 8.62. The SMILES string of the molecule is CNC1(CO)CCCC(N2CCCC(C)C2C)C1. The van der Waals surface area contributed by atoms with Crippen molar-refractivity contribution < 1.29 is 5.11 Å². The van der Waals surface area contributed by atoms with E-state index in [1.807, 2.05) is 7.05 Å².